The van der Waals surface area contributed by atoms with E-state index in [1.165, 1.54) is 0 Å². The minimum absolute atomic E-state index is 0.0730. The van der Waals surface area contributed by atoms with Crippen LogP contribution in [0.5, 0.6) is 0 Å². The van der Waals surface area contributed by atoms with E-state index in [2.05, 4.69) is 5.32 Å². The Morgan fingerprint density at radius 2 is 1.72 bits per heavy atom. The van der Waals surface area contributed by atoms with Crippen LogP contribution in [0.3, 0.4) is 0 Å². The first kappa shape index (κ1) is 14.2. The lowest BCUT2D eigenvalue weighted by atomic mass is 10.1. The van der Waals surface area contributed by atoms with Crippen LogP contribution in [0.15, 0.2) is 30.3 Å². The molecule has 1 rings (SSSR count). The molecule has 4 nitrogen and oxygen atoms in total. The van der Waals surface area contributed by atoms with Gasteiger partial charge >= 0.3 is 6.03 Å². The van der Waals surface area contributed by atoms with Crippen LogP contribution >= 0.6 is 0 Å². The smallest absolute Gasteiger partial charge is 0.317 e. The molecule has 0 spiro atoms. The van der Waals surface area contributed by atoms with Crippen LogP contribution in [0.4, 0.5) is 4.79 Å². The van der Waals surface area contributed by atoms with Gasteiger partial charge in [-0.25, -0.2) is 4.79 Å². The maximum atomic E-state index is 12.0. The van der Waals surface area contributed by atoms with Crippen LogP contribution in [0.2, 0.25) is 0 Å². The van der Waals surface area contributed by atoms with Crippen molar-refractivity contribution in [3.8, 4) is 0 Å². The molecule has 1 aromatic carbocycles. The summed E-state index contributed by atoms with van der Waals surface area (Å²) in [5.41, 5.74) is 0.616. The molecule has 0 saturated carbocycles. The molecule has 1 unspecified atom stereocenters. The number of hydrogen-bond donors (Lipinski definition) is 1. The van der Waals surface area contributed by atoms with Gasteiger partial charge in [-0.15, -0.1) is 0 Å². The van der Waals surface area contributed by atoms with E-state index in [0.29, 0.717) is 18.7 Å². The van der Waals surface area contributed by atoms with E-state index in [1.807, 2.05) is 32.0 Å². The first-order chi connectivity index (χ1) is 8.60. The van der Waals surface area contributed by atoms with E-state index in [1.54, 1.807) is 24.0 Å². The largest absolute Gasteiger partial charge is 0.328 e. The fourth-order valence-electron chi connectivity index (χ4n) is 1.71. The zero-order chi connectivity index (χ0) is 13.5. The molecule has 0 bridgehead atoms. The molecule has 0 aromatic heterocycles. The van der Waals surface area contributed by atoms with Gasteiger partial charge in [0, 0.05) is 18.7 Å². The Hall–Kier alpha value is -1.84. The Bertz CT molecular complexity index is 400. The number of nitrogens with zero attached hydrogens (tertiary/aromatic N) is 1. The monoisotopic (exact) mass is 248 g/mol. The number of rotatable bonds is 5. The van der Waals surface area contributed by atoms with E-state index in [-0.39, 0.29) is 11.8 Å². The predicted molar refractivity (Wildman–Crippen MR) is 71.7 cm³/mol. The summed E-state index contributed by atoms with van der Waals surface area (Å²) in [4.78, 5) is 25.5. The van der Waals surface area contributed by atoms with Gasteiger partial charge in [-0.2, -0.15) is 0 Å². The number of nitrogens with one attached hydrogen (secondary N) is 1. The second-order valence-corrected chi connectivity index (χ2v) is 4.07. The molecule has 1 N–H and O–H groups in total. The third-order valence-electron chi connectivity index (χ3n) is 2.84. The van der Waals surface area contributed by atoms with Crippen molar-refractivity contribution in [2.75, 3.05) is 13.1 Å². The van der Waals surface area contributed by atoms with Gasteiger partial charge in [0.25, 0.3) is 0 Å². The number of urea groups is 1. The second kappa shape index (κ2) is 6.79. The van der Waals surface area contributed by atoms with Gasteiger partial charge < -0.3 is 10.2 Å². The van der Waals surface area contributed by atoms with Crippen LogP contribution in [0.25, 0.3) is 0 Å². The molecule has 0 heterocycles. The Morgan fingerprint density at radius 3 is 2.22 bits per heavy atom. The summed E-state index contributed by atoms with van der Waals surface area (Å²) in [6.45, 7) is 6.79. The van der Waals surface area contributed by atoms with Gasteiger partial charge in [-0.3, -0.25) is 4.79 Å². The first-order valence-corrected chi connectivity index (χ1v) is 6.24. The van der Waals surface area contributed by atoms with Crippen LogP contribution < -0.4 is 5.32 Å². The molecule has 98 valence electrons. The number of ketones is 1. The summed E-state index contributed by atoms with van der Waals surface area (Å²) in [5.74, 6) is -0.0730. The number of carbonyl (C=O) groups is 2. The van der Waals surface area contributed by atoms with Gasteiger partial charge in [0.1, 0.15) is 0 Å². The normalized spacial score (nSPS) is 11.7. The molecule has 0 fully saturated rings. The third-order valence-corrected chi connectivity index (χ3v) is 2.84. The summed E-state index contributed by atoms with van der Waals surface area (Å²) < 4.78 is 0. The minimum Gasteiger partial charge on any atom is -0.328 e. The molecule has 0 saturated heterocycles. The molecule has 0 aliphatic rings. The lowest BCUT2D eigenvalue weighted by molar-refractivity contribution is 0.0948. The number of carbonyl (C=O) groups excluding carboxylic acids is 2. The first-order valence-electron chi connectivity index (χ1n) is 6.24. The summed E-state index contributed by atoms with van der Waals surface area (Å²) >= 11 is 0. The molecule has 4 heteroatoms. The van der Waals surface area contributed by atoms with Crippen molar-refractivity contribution in [3.63, 3.8) is 0 Å². The maximum Gasteiger partial charge on any atom is 0.317 e. The van der Waals surface area contributed by atoms with Crippen molar-refractivity contribution in [1.29, 1.82) is 0 Å². The molecule has 0 aliphatic heterocycles. The van der Waals surface area contributed by atoms with Crippen molar-refractivity contribution >= 4 is 11.8 Å². The van der Waals surface area contributed by atoms with Crippen LogP contribution in [-0.2, 0) is 0 Å². The van der Waals surface area contributed by atoms with Gasteiger partial charge in [0.15, 0.2) is 5.78 Å². The zero-order valence-corrected chi connectivity index (χ0v) is 11.1. The van der Waals surface area contributed by atoms with Crippen molar-refractivity contribution in [2.45, 2.75) is 26.8 Å². The molecule has 0 aliphatic carbocycles. The van der Waals surface area contributed by atoms with Crippen molar-refractivity contribution in [2.24, 2.45) is 0 Å². The summed E-state index contributed by atoms with van der Waals surface area (Å²) in [6, 6.07) is 8.27. The topological polar surface area (TPSA) is 49.4 Å². The highest BCUT2D eigenvalue weighted by Gasteiger charge is 2.19. The highest BCUT2D eigenvalue weighted by molar-refractivity contribution is 6.01. The Kier molecular flexibility index (Phi) is 5.36. The van der Waals surface area contributed by atoms with Crippen molar-refractivity contribution < 1.29 is 9.59 Å². The van der Waals surface area contributed by atoms with Crippen molar-refractivity contribution in [3.05, 3.63) is 35.9 Å². The average Bonchev–Trinajstić information content (AvgIpc) is 2.40. The summed E-state index contributed by atoms with van der Waals surface area (Å²) in [6.07, 6.45) is 0. The lowest BCUT2D eigenvalue weighted by Crippen LogP contribution is -2.46. The highest BCUT2D eigenvalue weighted by Crippen LogP contribution is 2.03. The second-order valence-electron chi connectivity index (χ2n) is 4.07. The summed E-state index contributed by atoms with van der Waals surface area (Å²) in [5, 5.41) is 2.72. The van der Waals surface area contributed by atoms with E-state index >= 15 is 0 Å². The van der Waals surface area contributed by atoms with Crippen molar-refractivity contribution in [1.82, 2.24) is 10.2 Å². The molecule has 2 amide bonds. The SMILES string of the molecule is CCN(CC)C(=O)NC(C)C(=O)c1ccccc1. The quantitative estimate of drug-likeness (QED) is 0.813. The van der Waals surface area contributed by atoms with E-state index in [0.717, 1.165) is 0 Å². The number of benzene rings is 1. The van der Waals surface area contributed by atoms with Crippen LogP contribution in [-0.4, -0.2) is 35.8 Å². The van der Waals surface area contributed by atoms with E-state index < -0.39 is 6.04 Å². The highest BCUT2D eigenvalue weighted by atomic mass is 16.2. The van der Waals surface area contributed by atoms with Crippen LogP contribution in [0.1, 0.15) is 31.1 Å². The van der Waals surface area contributed by atoms with Gasteiger partial charge in [-0.05, 0) is 20.8 Å². The Labute approximate surface area is 108 Å². The molecular formula is C14H20N2O2. The van der Waals surface area contributed by atoms with Gasteiger partial charge in [0.2, 0.25) is 0 Å². The predicted octanol–water partition coefficient (Wildman–Crippen LogP) is 2.31. The molecule has 1 atom stereocenters. The fraction of sp³-hybridized carbons (Fsp3) is 0.429. The Morgan fingerprint density at radius 1 is 1.17 bits per heavy atom. The molecular weight excluding hydrogens is 228 g/mol. The average molecular weight is 248 g/mol. The summed E-state index contributed by atoms with van der Waals surface area (Å²) in [7, 11) is 0. The minimum atomic E-state index is -0.513. The standard InChI is InChI=1S/C14H20N2O2/c1-4-16(5-2)14(18)15-11(3)13(17)12-9-7-6-8-10-12/h6-11H,4-5H2,1-3H3,(H,15,18). The number of hydrogen-bond acceptors (Lipinski definition) is 2. The third kappa shape index (κ3) is 3.58. The molecule has 18 heavy (non-hydrogen) atoms. The number of amides is 2. The zero-order valence-electron chi connectivity index (χ0n) is 11.1. The van der Waals surface area contributed by atoms with Gasteiger partial charge in [0.05, 0.1) is 6.04 Å². The van der Waals surface area contributed by atoms with E-state index in [9.17, 15) is 9.59 Å². The maximum absolute atomic E-state index is 12.0. The molecule has 0 radical (unpaired) electrons. The van der Waals surface area contributed by atoms with E-state index in [4.69, 9.17) is 0 Å². The molecule has 1 aromatic rings. The van der Waals surface area contributed by atoms with Gasteiger partial charge in [-0.1, -0.05) is 30.3 Å². The van der Waals surface area contributed by atoms with Crippen LogP contribution in [0, 0.1) is 0 Å². The lowest BCUT2D eigenvalue weighted by Gasteiger charge is -2.22. The fourth-order valence-corrected chi connectivity index (χ4v) is 1.71. The number of Topliss-reactive ketones (excluding diaryl/α,β-unsaturated/α-hetero) is 1. The Balaban J connectivity index is 2.63.